The molecule has 3 aromatic rings. The molecule has 230 valence electrons. The second kappa shape index (κ2) is 14.6. The van der Waals surface area contributed by atoms with Gasteiger partial charge in [0.05, 0.1) is 25.5 Å². The van der Waals surface area contributed by atoms with Gasteiger partial charge in [0.25, 0.3) is 0 Å². The zero-order valence-electron chi connectivity index (χ0n) is 26.8. The van der Waals surface area contributed by atoms with E-state index in [9.17, 15) is 4.79 Å². The van der Waals surface area contributed by atoms with E-state index in [0.717, 1.165) is 56.7 Å². The number of morpholine rings is 1. The van der Waals surface area contributed by atoms with Crippen LogP contribution in [0.25, 0.3) is 11.3 Å². The van der Waals surface area contributed by atoms with Crippen molar-refractivity contribution < 1.29 is 9.53 Å². The first-order chi connectivity index (χ1) is 20.9. The molecular formula is C37H50N4O2. The van der Waals surface area contributed by atoms with Gasteiger partial charge in [-0.1, -0.05) is 70.2 Å². The van der Waals surface area contributed by atoms with E-state index in [1.165, 1.54) is 38.9 Å². The summed E-state index contributed by atoms with van der Waals surface area (Å²) >= 11 is 0. The van der Waals surface area contributed by atoms with Crippen molar-refractivity contribution >= 4 is 5.91 Å². The van der Waals surface area contributed by atoms with Crippen LogP contribution in [0.3, 0.4) is 0 Å². The molecular weight excluding hydrogens is 532 g/mol. The molecule has 2 aliphatic heterocycles. The van der Waals surface area contributed by atoms with E-state index in [1.54, 1.807) is 0 Å². The van der Waals surface area contributed by atoms with Crippen LogP contribution >= 0.6 is 0 Å². The summed E-state index contributed by atoms with van der Waals surface area (Å²) < 4.78 is 5.49. The van der Waals surface area contributed by atoms with Gasteiger partial charge in [-0.3, -0.25) is 14.7 Å². The number of hydrogen-bond acceptors (Lipinski definition) is 5. The average Bonchev–Trinajstić information content (AvgIpc) is 3.02. The summed E-state index contributed by atoms with van der Waals surface area (Å²) in [4.78, 5) is 20.8. The Morgan fingerprint density at radius 1 is 1.05 bits per heavy atom. The number of ether oxygens (including phenoxy) is 1. The summed E-state index contributed by atoms with van der Waals surface area (Å²) in [5.74, 6) is 0.811. The number of nitrogens with one attached hydrogen (secondary N) is 2. The van der Waals surface area contributed by atoms with Crippen molar-refractivity contribution in [2.24, 2.45) is 5.92 Å². The zero-order chi connectivity index (χ0) is 30.3. The lowest BCUT2D eigenvalue weighted by Gasteiger charge is -2.36. The third kappa shape index (κ3) is 7.36. The molecule has 1 aromatic heterocycles. The first-order valence-electron chi connectivity index (χ1n) is 16.4. The Kier molecular flexibility index (Phi) is 10.7. The molecule has 0 spiro atoms. The summed E-state index contributed by atoms with van der Waals surface area (Å²) in [7, 11) is 0. The molecule has 2 unspecified atom stereocenters. The lowest BCUT2D eigenvalue weighted by atomic mass is 9.76. The average molecular weight is 583 g/mol. The van der Waals surface area contributed by atoms with E-state index in [-0.39, 0.29) is 17.9 Å². The largest absolute Gasteiger partial charge is 0.379 e. The monoisotopic (exact) mass is 582 g/mol. The van der Waals surface area contributed by atoms with E-state index in [2.05, 4.69) is 98.7 Å². The molecule has 3 heterocycles. The first kappa shape index (κ1) is 31.4. The van der Waals surface area contributed by atoms with Crippen LogP contribution in [0.15, 0.2) is 48.5 Å². The zero-order valence-corrected chi connectivity index (χ0v) is 26.8. The van der Waals surface area contributed by atoms with Gasteiger partial charge >= 0.3 is 0 Å². The highest BCUT2D eigenvalue weighted by molar-refractivity contribution is 5.78. The van der Waals surface area contributed by atoms with Crippen molar-refractivity contribution in [3.63, 3.8) is 0 Å². The van der Waals surface area contributed by atoms with Crippen LogP contribution in [-0.4, -0.2) is 55.2 Å². The number of benzene rings is 2. The summed E-state index contributed by atoms with van der Waals surface area (Å²) in [6.45, 7) is 16.1. The molecule has 5 rings (SSSR count). The molecule has 2 aromatic carbocycles. The predicted octanol–water partition coefficient (Wildman–Crippen LogP) is 6.15. The fraction of sp³-hybridized carbons (Fsp3) is 0.514. The fourth-order valence-electron chi connectivity index (χ4n) is 7.14. The summed E-state index contributed by atoms with van der Waals surface area (Å²) in [6, 6.07) is 18.0. The smallest absolute Gasteiger partial charge is 0.234 e. The number of fused-ring (bicyclic) bond motifs is 1. The molecule has 2 atom stereocenters. The standard InChI is InChI=1S/C37H50N4O2/c1-6-27-12-10-13-28(7-2)36(27)33-22-30(23-39-34(42)24-41-17-19-43-20-18-41)35(26(5)40-33)32(21-25(3)4)37-31-14-9-8-11-29(31)15-16-38-37/h8-14,22,25,32,37-38H,6-7,15-21,23-24H2,1-5H3,(H,39,42). The van der Waals surface area contributed by atoms with Crippen molar-refractivity contribution in [1.29, 1.82) is 0 Å². The molecule has 2 aliphatic rings. The first-order valence-corrected chi connectivity index (χ1v) is 16.4. The lowest BCUT2D eigenvalue weighted by Crippen LogP contribution is -2.43. The summed E-state index contributed by atoms with van der Waals surface area (Å²) in [5, 5.41) is 7.21. The number of aryl methyl sites for hydroxylation is 3. The Hall–Kier alpha value is -3.06. The van der Waals surface area contributed by atoms with Crippen LogP contribution in [-0.2, 0) is 35.3 Å². The summed E-state index contributed by atoms with van der Waals surface area (Å²) in [6.07, 6.45) is 4.00. The highest BCUT2D eigenvalue weighted by atomic mass is 16.5. The maximum atomic E-state index is 13.2. The highest BCUT2D eigenvalue weighted by Crippen LogP contribution is 2.42. The van der Waals surface area contributed by atoms with Crippen LogP contribution in [0, 0.1) is 12.8 Å². The number of amides is 1. The van der Waals surface area contributed by atoms with E-state index < -0.39 is 0 Å². The van der Waals surface area contributed by atoms with Crippen molar-refractivity contribution in [3.8, 4) is 11.3 Å². The van der Waals surface area contributed by atoms with Gasteiger partial charge in [0.1, 0.15) is 0 Å². The SMILES string of the molecule is CCc1cccc(CC)c1-c1cc(CNC(=O)CN2CCOCC2)c(C(CC(C)C)C2NCCc3ccccc32)c(C)n1. The van der Waals surface area contributed by atoms with Gasteiger partial charge in [0.15, 0.2) is 0 Å². The molecule has 1 amide bonds. The van der Waals surface area contributed by atoms with Gasteiger partial charge in [-0.2, -0.15) is 0 Å². The van der Waals surface area contributed by atoms with Crippen molar-refractivity contribution in [2.45, 2.75) is 78.8 Å². The molecule has 6 nitrogen and oxygen atoms in total. The molecule has 6 heteroatoms. The molecule has 0 saturated carbocycles. The number of pyridine rings is 1. The number of nitrogens with zero attached hydrogens (tertiary/aromatic N) is 2. The molecule has 2 N–H and O–H groups in total. The van der Waals surface area contributed by atoms with Crippen molar-refractivity contribution in [3.05, 3.63) is 87.6 Å². The Labute approximate surface area is 258 Å². The number of carbonyl (C=O) groups is 1. The number of rotatable bonds is 11. The van der Waals surface area contributed by atoms with E-state index >= 15 is 0 Å². The van der Waals surface area contributed by atoms with Crippen molar-refractivity contribution in [2.75, 3.05) is 39.4 Å². The number of aromatic nitrogens is 1. The van der Waals surface area contributed by atoms with Crippen molar-refractivity contribution in [1.82, 2.24) is 20.5 Å². The van der Waals surface area contributed by atoms with Gasteiger partial charge in [-0.15, -0.1) is 0 Å². The molecule has 0 bridgehead atoms. The van der Waals surface area contributed by atoms with Crippen LogP contribution < -0.4 is 10.6 Å². The van der Waals surface area contributed by atoms with Gasteiger partial charge < -0.3 is 15.4 Å². The normalized spacial score (nSPS) is 18.0. The minimum absolute atomic E-state index is 0.0635. The van der Waals surface area contributed by atoms with Crippen LogP contribution in [0.5, 0.6) is 0 Å². The summed E-state index contributed by atoms with van der Waals surface area (Å²) in [5.41, 5.74) is 11.3. The molecule has 43 heavy (non-hydrogen) atoms. The lowest BCUT2D eigenvalue weighted by molar-refractivity contribution is -0.123. The second-order valence-corrected chi connectivity index (χ2v) is 12.6. The Balaban J connectivity index is 1.58. The highest BCUT2D eigenvalue weighted by Gasteiger charge is 2.33. The molecule has 1 fully saturated rings. The Morgan fingerprint density at radius 3 is 2.47 bits per heavy atom. The predicted molar refractivity (Wildman–Crippen MR) is 175 cm³/mol. The molecule has 0 aliphatic carbocycles. The van der Waals surface area contributed by atoms with Crippen LogP contribution in [0.2, 0.25) is 0 Å². The molecule has 0 radical (unpaired) electrons. The van der Waals surface area contributed by atoms with E-state index in [4.69, 9.17) is 9.72 Å². The van der Waals surface area contributed by atoms with Gasteiger partial charge in [0.2, 0.25) is 5.91 Å². The van der Waals surface area contributed by atoms with Crippen LogP contribution in [0.1, 0.15) is 85.2 Å². The molecule has 1 saturated heterocycles. The maximum absolute atomic E-state index is 13.2. The Bertz CT molecular complexity index is 1370. The third-order valence-electron chi connectivity index (χ3n) is 9.18. The minimum Gasteiger partial charge on any atom is -0.379 e. The van der Waals surface area contributed by atoms with E-state index in [0.29, 0.717) is 32.2 Å². The Morgan fingerprint density at radius 2 is 1.77 bits per heavy atom. The van der Waals surface area contributed by atoms with Gasteiger partial charge in [-0.25, -0.2) is 0 Å². The number of hydrogen-bond donors (Lipinski definition) is 2. The quantitative estimate of drug-likeness (QED) is 0.284. The number of carbonyl (C=O) groups excluding carboxylic acids is 1. The topological polar surface area (TPSA) is 66.5 Å². The van der Waals surface area contributed by atoms with Crippen LogP contribution in [0.4, 0.5) is 0 Å². The maximum Gasteiger partial charge on any atom is 0.234 e. The van der Waals surface area contributed by atoms with Gasteiger partial charge in [0, 0.05) is 42.9 Å². The van der Waals surface area contributed by atoms with Gasteiger partial charge in [-0.05, 0) is 84.5 Å². The van der Waals surface area contributed by atoms with E-state index in [1.807, 2.05) is 0 Å². The minimum atomic E-state index is 0.0635. The second-order valence-electron chi connectivity index (χ2n) is 12.6. The fourth-order valence-corrected chi connectivity index (χ4v) is 7.14. The third-order valence-corrected chi connectivity index (χ3v) is 9.18.